The van der Waals surface area contributed by atoms with E-state index in [1.807, 2.05) is 0 Å². The minimum absolute atomic E-state index is 0. The van der Waals surface area contributed by atoms with Crippen LogP contribution in [0, 0.1) is 0 Å². The van der Waals surface area contributed by atoms with Crippen LogP contribution in [0.15, 0.2) is 36.5 Å². The fourth-order valence-electron chi connectivity index (χ4n) is 2.42. The van der Waals surface area contributed by atoms with E-state index >= 15 is 0 Å². The van der Waals surface area contributed by atoms with Gasteiger partial charge in [0, 0.05) is 73.2 Å². The van der Waals surface area contributed by atoms with Crippen LogP contribution in [0.5, 0.6) is 0 Å². The number of esters is 3. The molecule has 0 unspecified atom stereocenters. The number of Topliss-reactive ketones (excluding diaryl/α,β-unsaturated/α-hetero) is 3. The Balaban J connectivity index is -0.000000285. The molecular formula is C30H39FeO15. The molecule has 46 heavy (non-hydrogen) atoms. The van der Waals surface area contributed by atoms with Gasteiger partial charge in [-0.2, -0.15) is 0 Å². The summed E-state index contributed by atoms with van der Waals surface area (Å²) in [6.07, 6.45) is -0.634. The van der Waals surface area contributed by atoms with E-state index in [0.717, 1.165) is 0 Å². The van der Waals surface area contributed by atoms with Crippen molar-refractivity contribution in [2.24, 2.45) is 0 Å². The van der Waals surface area contributed by atoms with E-state index < -0.39 is 72.4 Å². The fraction of sp³-hybridized carbons (Fsp3) is 0.500. The molecule has 1 radical (unpaired) electrons. The van der Waals surface area contributed by atoms with Gasteiger partial charge in [0.15, 0.2) is 0 Å². The molecule has 0 heterocycles. The number of rotatable bonds is 21. The summed E-state index contributed by atoms with van der Waals surface area (Å²) in [5, 5.41) is 30.0. The van der Waals surface area contributed by atoms with Gasteiger partial charge in [-0.15, -0.1) is 0 Å². The summed E-state index contributed by atoms with van der Waals surface area (Å²) < 4.78 is 14.1. The first-order valence-corrected chi connectivity index (χ1v) is 13.4. The zero-order chi connectivity index (χ0) is 35.5. The molecule has 0 atom stereocenters. The van der Waals surface area contributed by atoms with Gasteiger partial charge in [-0.05, 0) is 40.0 Å². The summed E-state index contributed by atoms with van der Waals surface area (Å²) in [5.74, 6) is -6.99. The van der Waals surface area contributed by atoms with Gasteiger partial charge in [0.25, 0.3) is 0 Å². The van der Waals surface area contributed by atoms with Crippen LogP contribution in [0.2, 0.25) is 0 Å². The number of carboxylic acids is 3. The molecule has 0 aromatic heterocycles. The molecule has 0 saturated heterocycles. The molecule has 0 amide bonds. The molecule has 0 aliphatic carbocycles. The van der Waals surface area contributed by atoms with Gasteiger partial charge in [-0.25, -0.2) is 14.4 Å². The predicted octanol–water partition coefficient (Wildman–Crippen LogP) is -1.22. The number of ketones is 3. The van der Waals surface area contributed by atoms with Gasteiger partial charge >= 0.3 is 35.0 Å². The maximum atomic E-state index is 10.9. The Kier molecular flexibility index (Phi) is 30.9. The van der Waals surface area contributed by atoms with Gasteiger partial charge in [-0.1, -0.05) is 19.7 Å². The second-order valence-corrected chi connectivity index (χ2v) is 9.32. The van der Waals surface area contributed by atoms with Crippen LogP contribution in [0.4, 0.5) is 0 Å². The zero-order valence-corrected chi connectivity index (χ0v) is 27.2. The standard InChI is InChI=1S/3C10H14O5.Fe/c3*1-7(2)10(14)15-5-3-4-8(11)6-9(12)13;/h3*1,3-6H2,2H3,(H,12,13);/q;;;+3/p-3. The van der Waals surface area contributed by atoms with Gasteiger partial charge in [0.05, 0.1) is 19.8 Å². The van der Waals surface area contributed by atoms with E-state index in [-0.39, 0.29) is 72.9 Å². The zero-order valence-electron chi connectivity index (χ0n) is 26.1. The number of carbonyl (C=O) groups is 9. The van der Waals surface area contributed by atoms with E-state index in [1.165, 1.54) is 20.8 Å². The minimum atomic E-state index is -1.39. The number of aliphatic carboxylic acids is 3. The first kappa shape index (κ1) is 48.5. The van der Waals surface area contributed by atoms with Crippen molar-refractivity contribution < 1.29 is 89.7 Å². The molecule has 0 spiro atoms. The summed E-state index contributed by atoms with van der Waals surface area (Å²) in [4.78, 5) is 95.2. The average molecular weight is 695 g/mol. The molecule has 0 fully saturated rings. The second kappa shape index (κ2) is 29.3. The number of hydrogen-bond donors (Lipinski definition) is 0. The van der Waals surface area contributed by atoms with Crippen LogP contribution in [-0.4, -0.2) is 73.0 Å². The van der Waals surface area contributed by atoms with E-state index in [0.29, 0.717) is 19.3 Å². The Hall–Kier alpha value is -4.43. The maximum Gasteiger partial charge on any atom is 3.00 e. The number of ether oxygens (including phenoxy) is 3. The Morgan fingerprint density at radius 3 is 0.804 bits per heavy atom. The average Bonchev–Trinajstić information content (AvgIpc) is 2.90. The Morgan fingerprint density at radius 2 is 0.652 bits per heavy atom. The number of carbonyl (C=O) groups excluding carboxylic acids is 9. The van der Waals surface area contributed by atoms with Crippen molar-refractivity contribution in [3.8, 4) is 0 Å². The van der Waals surface area contributed by atoms with Crippen molar-refractivity contribution in [1.29, 1.82) is 0 Å². The second-order valence-electron chi connectivity index (χ2n) is 9.32. The number of hydrogen-bond acceptors (Lipinski definition) is 15. The van der Waals surface area contributed by atoms with Crippen molar-refractivity contribution in [3.05, 3.63) is 36.5 Å². The van der Waals surface area contributed by atoms with Crippen LogP contribution in [0.25, 0.3) is 0 Å². The third-order valence-electron chi connectivity index (χ3n) is 4.57. The summed E-state index contributed by atoms with van der Waals surface area (Å²) in [5.41, 5.74) is 0.864. The van der Waals surface area contributed by atoms with Crippen LogP contribution in [-0.2, 0) is 74.4 Å². The molecule has 16 heteroatoms. The molecule has 0 N–H and O–H groups in total. The van der Waals surface area contributed by atoms with Crippen molar-refractivity contribution in [3.63, 3.8) is 0 Å². The van der Waals surface area contributed by atoms with Crippen molar-refractivity contribution >= 4 is 53.2 Å². The normalized spacial score (nSPS) is 9.20. The van der Waals surface area contributed by atoms with Crippen LogP contribution in [0.1, 0.15) is 78.6 Å². The fourth-order valence-corrected chi connectivity index (χ4v) is 2.42. The quantitative estimate of drug-likeness (QED) is 0.0341. The third-order valence-corrected chi connectivity index (χ3v) is 4.57. The monoisotopic (exact) mass is 695 g/mol. The largest absolute Gasteiger partial charge is 3.00 e. The Labute approximate surface area is 277 Å². The predicted molar refractivity (Wildman–Crippen MR) is 149 cm³/mol. The molecule has 0 saturated carbocycles. The molecule has 0 aliphatic rings. The smallest absolute Gasteiger partial charge is 0.550 e. The van der Waals surface area contributed by atoms with Gasteiger partial charge in [0.1, 0.15) is 17.3 Å². The molecule has 0 aromatic rings. The maximum absolute atomic E-state index is 10.9. The van der Waals surface area contributed by atoms with Crippen LogP contribution < -0.4 is 15.3 Å². The minimum Gasteiger partial charge on any atom is -0.550 e. The molecule has 0 aliphatic heterocycles. The molecule has 15 nitrogen and oxygen atoms in total. The van der Waals surface area contributed by atoms with Gasteiger partial charge in [-0.3, -0.25) is 14.4 Å². The Morgan fingerprint density at radius 1 is 0.457 bits per heavy atom. The van der Waals surface area contributed by atoms with E-state index in [2.05, 4.69) is 19.7 Å². The van der Waals surface area contributed by atoms with E-state index in [4.69, 9.17) is 14.2 Å². The summed E-state index contributed by atoms with van der Waals surface area (Å²) in [6, 6.07) is 0. The van der Waals surface area contributed by atoms with Crippen molar-refractivity contribution in [1.82, 2.24) is 0 Å². The van der Waals surface area contributed by atoms with Crippen molar-refractivity contribution in [2.45, 2.75) is 78.6 Å². The van der Waals surface area contributed by atoms with E-state index in [9.17, 15) is 58.5 Å². The van der Waals surface area contributed by atoms with Gasteiger partial charge in [0.2, 0.25) is 0 Å². The van der Waals surface area contributed by atoms with Gasteiger partial charge < -0.3 is 43.9 Å². The topological polar surface area (TPSA) is 250 Å². The van der Waals surface area contributed by atoms with Crippen molar-refractivity contribution in [2.75, 3.05) is 19.8 Å². The summed E-state index contributed by atoms with van der Waals surface area (Å²) in [6.45, 7) is 15.0. The molecule has 0 bridgehead atoms. The first-order valence-electron chi connectivity index (χ1n) is 13.4. The van der Waals surface area contributed by atoms with E-state index in [1.54, 1.807) is 0 Å². The molecule has 0 aromatic carbocycles. The molecule has 257 valence electrons. The first-order chi connectivity index (χ1) is 20.8. The Bertz CT molecular complexity index is 983. The van der Waals surface area contributed by atoms with Crippen LogP contribution >= 0.6 is 0 Å². The molecular weight excluding hydrogens is 656 g/mol. The SMILES string of the molecule is C=C(C)C(=O)OCCCC(=O)CC(=O)[O-].C=C(C)C(=O)OCCCC(=O)CC(=O)[O-].C=C(C)C(=O)OCCCC(=O)CC(=O)[O-].[Fe+3]. The van der Waals surface area contributed by atoms with Crippen LogP contribution in [0.3, 0.4) is 0 Å². The summed E-state index contributed by atoms with van der Waals surface area (Å²) >= 11 is 0. The summed E-state index contributed by atoms with van der Waals surface area (Å²) in [7, 11) is 0. The third kappa shape index (κ3) is 35.8. The molecule has 0 rings (SSSR count). The number of carboxylic acid groups (broad SMARTS) is 3.